The van der Waals surface area contributed by atoms with E-state index >= 15 is 0 Å². The molecule has 0 fully saturated rings. The normalized spacial score (nSPS) is 12.7. The molecule has 1 N–H and O–H groups in total. The second kappa shape index (κ2) is 6.98. The molecule has 100 valence electrons. The van der Waals surface area contributed by atoms with Crippen molar-refractivity contribution in [3.63, 3.8) is 0 Å². The minimum Gasteiger partial charge on any atom is -0.481 e. The molecule has 0 aromatic heterocycles. The second-order valence-corrected chi connectivity index (χ2v) is 4.84. The van der Waals surface area contributed by atoms with Crippen LogP contribution in [0.1, 0.15) is 31.9 Å². The Balaban J connectivity index is 3.15. The van der Waals surface area contributed by atoms with Gasteiger partial charge in [0.1, 0.15) is 0 Å². The van der Waals surface area contributed by atoms with Crippen molar-refractivity contribution in [1.29, 1.82) is 0 Å². The molecular weight excluding hydrogens is 273 g/mol. The van der Waals surface area contributed by atoms with E-state index in [1.54, 1.807) is 18.2 Å². The first kappa shape index (κ1) is 15.3. The van der Waals surface area contributed by atoms with Gasteiger partial charge in [-0.3, -0.25) is 9.69 Å². The molecule has 0 spiro atoms. The number of carboxylic acid groups (broad SMARTS) is 1. The van der Waals surface area contributed by atoms with E-state index in [2.05, 4.69) is 4.90 Å². The SMILES string of the molecule is CCN(CC)C(CC(=O)O)c1cc(Cl)ccc1Cl. The maximum absolute atomic E-state index is 11.0. The molecule has 1 aromatic rings. The lowest BCUT2D eigenvalue weighted by atomic mass is 10.0. The molecule has 0 aliphatic rings. The topological polar surface area (TPSA) is 40.5 Å². The smallest absolute Gasteiger partial charge is 0.305 e. The standard InChI is InChI=1S/C13H17Cl2NO2/c1-3-16(4-2)12(8-13(17)18)10-7-9(14)5-6-11(10)15/h5-7,12H,3-4,8H2,1-2H3,(H,17,18). The van der Waals surface area contributed by atoms with Crippen LogP contribution in [-0.4, -0.2) is 29.1 Å². The number of hydrogen-bond acceptors (Lipinski definition) is 2. The van der Waals surface area contributed by atoms with E-state index in [0.717, 1.165) is 18.7 Å². The van der Waals surface area contributed by atoms with Crippen LogP contribution in [0.2, 0.25) is 10.0 Å². The third-order valence-electron chi connectivity index (χ3n) is 2.94. The predicted octanol–water partition coefficient (Wildman–Crippen LogP) is 3.85. The number of rotatable bonds is 6. The molecule has 1 atom stereocenters. The molecular formula is C13H17Cl2NO2. The van der Waals surface area contributed by atoms with Crippen molar-refractivity contribution in [3.05, 3.63) is 33.8 Å². The number of hydrogen-bond donors (Lipinski definition) is 1. The first-order valence-electron chi connectivity index (χ1n) is 5.90. The Bertz CT molecular complexity index is 419. The summed E-state index contributed by atoms with van der Waals surface area (Å²) < 4.78 is 0. The van der Waals surface area contributed by atoms with Crippen molar-refractivity contribution < 1.29 is 9.90 Å². The monoisotopic (exact) mass is 289 g/mol. The van der Waals surface area contributed by atoms with E-state index in [0.29, 0.717) is 10.0 Å². The predicted molar refractivity (Wildman–Crippen MR) is 74.4 cm³/mol. The van der Waals surface area contributed by atoms with Gasteiger partial charge in [-0.15, -0.1) is 0 Å². The maximum atomic E-state index is 11.0. The van der Waals surface area contributed by atoms with Gasteiger partial charge in [-0.05, 0) is 36.9 Å². The average molecular weight is 290 g/mol. The Labute approximate surface area is 117 Å². The molecule has 1 aromatic carbocycles. The van der Waals surface area contributed by atoms with E-state index < -0.39 is 5.97 Å². The van der Waals surface area contributed by atoms with Gasteiger partial charge < -0.3 is 5.11 Å². The first-order chi connectivity index (χ1) is 8.49. The summed E-state index contributed by atoms with van der Waals surface area (Å²) in [4.78, 5) is 13.1. The molecule has 0 radical (unpaired) electrons. The molecule has 0 aliphatic carbocycles. The van der Waals surface area contributed by atoms with Gasteiger partial charge >= 0.3 is 5.97 Å². The zero-order valence-electron chi connectivity index (χ0n) is 10.5. The fraction of sp³-hybridized carbons (Fsp3) is 0.462. The van der Waals surface area contributed by atoms with Gasteiger partial charge in [0.05, 0.1) is 6.42 Å². The molecule has 3 nitrogen and oxygen atoms in total. The van der Waals surface area contributed by atoms with Crippen molar-refractivity contribution in [1.82, 2.24) is 4.90 Å². The van der Waals surface area contributed by atoms with Crippen LogP contribution >= 0.6 is 23.2 Å². The van der Waals surface area contributed by atoms with E-state index in [1.807, 2.05) is 13.8 Å². The van der Waals surface area contributed by atoms with E-state index in [4.69, 9.17) is 28.3 Å². The molecule has 18 heavy (non-hydrogen) atoms. The molecule has 1 unspecified atom stereocenters. The van der Waals surface area contributed by atoms with Crippen LogP contribution in [-0.2, 0) is 4.79 Å². The van der Waals surface area contributed by atoms with Crippen molar-refractivity contribution in [2.75, 3.05) is 13.1 Å². The number of carboxylic acids is 1. The third-order valence-corrected chi connectivity index (χ3v) is 3.52. The zero-order chi connectivity index (χ0) is 13.7. The molecule has 5 heteroatoms. The molecule has 0 aliphatic heterocycles. The highest BCUT2D eigenvalue weighted by Crippen LogP contribution is 2.32. The Morgan fingerprint density at radius 2 is 1.94 bits per heavy atom. The van der Waals surface area contributed by atoms with E-state index in [1.165, 1.54) is 0 Å². The molecule has 0 amide bonds. The van der Waals surface area contributed by atoms with Crippen molar-refractivity contribution >= 4 is 29.2 Å². The Kier molecular flexibility index (Phi) is 5.93. The van der Waals surface area contributed by atoms with Crippen LogP contribution in [0.5, 0.6) is 0 Å². The summed E-state index contributed by atoms with van der Waals surface area (Å²) in [7, 11) is 0. The molecule has 0 saturated carbocycles. The van der Waals surface area contributed by atoms with Gasteiger partial charge in [-0.1, -0.05) is 37.0 Å². The number of benzene rings is 1. The maximum Gasteiger partial charge on any atom is 0.305 e. The van der Waals surface area contributed by atoms with Crippen LogP contribution in [0.3, 0.4) is 0 Å². The van der Waals surface area contributed by atoms with E-state index in [9.17, 15) is 4.79 Å². The van der Waals surface area contributed by atoms with Crippen molar-refractivity contribution in [2.24, 2.45) is 0 Å². The lowest BCUT2D eigenvalue weighted by molar-refractivity contribution is -0.138. The summed E-state index contributed by atoms with van der Waals surface area (Å²) in [6, 6.07) is 4.91. The molecule has 0 heterocycles. The Morgan fingerprint density at radius 3 is 2.44 bits per heavy atom. The Morgan fingerprint density at radius 1 is 1.33 bits per heavy atom. The first-order valence-corrected chi connectivity index (χ1v) is 6.66. The van der Waals surface area contributed by atoms with Gasteiger partial charge in [0.15, 0.2) is 0 Å². The highest BCUT2D eigenvalue weighted by atomic mass is 35.5. The average Bonchev–Trinajstić information content (AvgIpc) is 2.32. The Hall–Kier alpha value is -0.770. The fourth-order valence-corrected chi connectivity index (χ4v) is 2.46. The number of aliphatic carboxylic acids is 1. The highest BCUT2D eigenvalue weighted by Gasteiger charge is 2.23. The van der Waals surface area contributed by atoms with Crippen LogP contribution < -0.4 is 0 Å². The van der Waals surface area contributed by atoms with Crippen LogP contribution in [0.25, 0.3) is 0 Å². The minimum atomic E-state index is -0.844. The summed E-state index contributed by atoms with van der Waals surface area (Å²) in [5.41, 5.74) is 0.773. The summed E-state index contributed by atoms with van der Waals surface area (Å²) in [6.45, 7) is 5.52. The van der Waals surface area contributed by atoms with Crippen molar-refractivity contribution in [2.45, 2.75) is 26.3 Å². The van der Waals surface area contributed by atoms with Crippen LogP contribution in [0.15, 0.2) is 18.2 Å². The summed E-state index contributed by atoms with van der Waals surface area (Å²) >= 11 is 12.1. The lowest BCUT2D eigenvalue weighted by Crippen LogP contribution is -2.30. The lowest BCUT2D eigenvalue weighted by Gasteiger charge is -2.29. The van der Waals surface area contributed by atoms with Crippen LogP contribution in [0, 0.1) is 0 Å². The van der Waals surface area contributed by atoms with E-state index in [-0.39, 0.29) is 12.5 Å². The quantitative estimate of drug-likeness (QED) is 0.865. The van der Waals surface area contributed by atoms with Gasteiger partial charge in [0.2, 0.25) is 0 Å². The molecule has 1 rings (SSSR count). The molecule has 0 bridgehead atoms. The van der Waals surface area contributed by atoms with Crippen LogP contribution in [0.4, 0.5) is 0 Å². The van der Waals surface area contributed by atoms with Gasteiger partial charge in [0, 0.05) is 16.1 Å². The minimum absolute atomic E-state index is 0.0156. The number of nitrogens with zero attached hydrogens (tertiary/aromatic N) is 1. The second-order valence-electron chi connectivity index (χ2n) is 4.00. The number of carbonyl (C=O) groups is 1. The number of halogens is 2. The largest absolute Gasteiger partial charge is 0.481 e. The van der Waals surface area contributed by atoms with Crippen molar-refractivity contribution in [3.8, 4) is 0 Å². The van der Waals surface area contributed by atoms with Gasteiger partial charge in [-0.25, -0.2) is 0 Å². The van der Waals surface area contributed by atoms with Gasteiger partial charge in [0.25, 0.3) is 0 Å². The summed E-state index contributed by atoms with van der Waals surface area (Å²) in [5, 5.41) is 10.2. The third kappa shape index (κ3) is 3.87. The molecule has 0 saturated heterocycles. The van der Waals surface area contributed by atoms with Gasteiger partial charge in [-0.2, -0.15) is 0 Å². The summed E-state index contributed by atoms with van der Waals surface area (Å²) in [5.74, 6) is -0.844. The highest BCUT2D eigenvalue weighted by molar-refractivity contribution is 6.33. The summed E-state index contributed by atoms with van der Waals surface area (Å²) in [6.07, 6.45) is 0.0156. The fourth-order valence-electron chi connectivity index (χ4n) is 2.04. The zero-order valence-corrected chi connectivity index (χ0v) is 12.0.